The van der Waals surface area contributed by atoms with Gasteiger partial charge < -0.3 is 5.32 Å². The Balaban J connectivity index is 2.20. The number of hydrogen-bond donors (Lipinski definition) is 1. The molecule has 98 valence electrons. The fraction of sp³-hybridized carbons (Fsp3) is 0.462. The van der Waals surface area contributed by atoms with Gasteiger partial charge in [-0.05, 0) is 42.4 Å². The molecule has 1 unspecified atom stereocenters. The van der Waals surface area contributed by atoms with Crippen molar-refractivity contribution in [1.29, 1.82) is 0 Å². The second-order valence-corrected chi connectivity index (χ2v) is 7.37. The van der Waals surface area contributed by atoms with E-state index in [1.54, 1.807) is 0 Å². The lowest BCUT2D eigenvalue weighted by Gasteiger charge is -2.16. The van der Waals surface area contributed by atoms with Gasteiger partial charge in [-0.2, -0.15) is 0 Å². The topological polar surface area (TPSA) is 24.9 Å². The van der Waals surface area contributed by atoms with E-state index in [1.165, 1.54) is 19.9 Å². The fourth-order valence-corrected chi connectivity index (χ4v) is 4.54. The van der Waals surface area contributed by atoms with Crippen LogP contribution in [0.3, 0.4) is 0 Å². The summed E-state index contributed by atoms with van der Waals surface area (Å²) < 4.78 is 1.18. The van der Waals surface area contributed by atoms with Crippen LogP contribution in [0, 0.1) is 13.8 Å². The molecule has 2 aromatic heterocycles. The Morgan fingerprint density at radius 2 is 2.22 bits per heavy atom. The van der Waals surface area contributed by atoms with Gasteiger partial charge in [-0.15, -0.1) is 22.7 Å². The maximum absolute atomic E-state index is 4.53. The molecule has 0 amide bonds. The van der Waals surface area contributed by atoms with E-state index >= 15 is 0 Å². The average molecular weight is 345 g/mol. The largest absolute Gasteiger partial charge is 0.309 e. The molecule has 0 spiro atoms. The van der Waals surface area contributed by atoms with E-state index in [1.807, 2.05) is 22.7 Å². The number of rotatable bonds is 5. The average Bonchev–Trinajstić information content (AvgIpc) is 2.84. The van der Waals surface area contributed by atoms with E-state index in [0.717, 1.165) is 18.0 Å². The number of aromatic nitrogens is 1. The van der Waals surface area contributed by atoms with Crippen LogP contribution < -0.4 is 5.32 Å². The highest BCUT2D eigenvalue weighted by Gasteiger charge is 2.17. The van der Waals surface area contributed by atoms with Gasteiger partial charge in [0.1, 0.15) is 0 Å². The minimum atomic E-state index is 0.381. The summed E-state index contributed by atoms with van der Waals surface area (Å²) in [5.41, 5.74) is 1.17. The van der Waals surface area contributed by atoms with Crippen LogP contribution in [0.5, 0.6) is 0 Å². The lowest BCUT2D eigenvalue weighted by Crippen LogP contribution is -2.22. The van der Waals surface area contributed by atoms with Crippen molar-refractivity contribution in [3.05, 3.63) is 36.4 Å². The Hall–Kier alpha value is -0.230. The first kappa shape index (κ1) is 14.2. The molecule has 1 N–H and O–H groups in total. The van der Waals surface area contributed by atoms with Crippen molar-refractivity contribution in [2.75, 3.05) is 6.54 Å². The minimum Gasteiger partial charge on any atom is -0.309 e. The zero-order valence-corrected chi connectivity index (χ0v) is 14.0. The van der Waals surface area contributed by atoms with Crippen molar-refractivity contribution < 1.29 is 0 Å². The summed E-state index contributed by atoms with van der Waals surface area (Å²) in [5, 5.41) is 6.87. The van der Waals surface area contributed by atoms with Gasteiger partial charge in [0.25, 0.3) is 0 Å². The Morgan fingerprint density at radius 3 is 2.72 bits per heavy atom. The zero-order valence-electron chi connectivity index (χ0n) is 10.8. The quantitative estimate of drug-likeness (QED) is 0.864. The monoisotopic (exact) mass is 344 g/mol. The van der Waals surface area contributed by atoms with Crippen LogP contribution in [0.25, 0.3) is 0 Å². The Kier molecular flexibility index (Phi) is 4.95. The van der Waals surface area contributed by atoms with E-state index in [-0.39, 0.29) is 0 Å². The standard InChI is InChI=1S/C13H17BrN2S2/c1-4-15-12(6-11-5-10(14)7-17-11)13-8(2)16-9(3)18-13/h5,7,12,15H,4,6H2,1-3H3. The second-order valence-electron chi connectivity index (χ2n) is 4.23. The molecule has 0 bridgehead atoms. The van der Waals surface area contributed by atoms with E-state index < -0.39 is 0 Å². The molecular formula is C13H17BrN2S2. The highest BCUT2D eigenvalue weighted by molar-refractivity contribution is 9.10. The molecule has 0 aliphatic heterocycles. The van der Waals surface area contributed by atoms with E-state index in [0.29, 0.717) is 6.04 Å². The molecule has 2 nitrogen and oxygen atoms in total. The second kappa shape index (κ2) is 6.28. The summed E-state index contributed by atoms with van der Waals surface area (Å²) >= 11 is 7.13. The van der Waals surface area contributed by atoms with Crippen LogP contribution >= 0.6 is 38.6 Å². The van der Waals surface area contributed by atoms with Crippen LogP contribution in [0.1, 0.15) is 33.4 Å². The van der Waals surface area contributed by atoms with Gasteiger partial charge in [0.05, 0.1) is 10.7 Å². The van der Waals surface area contributed by atoms with Crippen molar-refractivity contribution in [3.63, 3.8) is 0 Å². The maximum Gasteiger partial charge on any atom is 0.0900 e. The van der Waals surface area contributed by atoms with E-state index in [4.69, 9.17) is 0 Å². The number of nitrogens with zero attached hydrogens (tertiary/aromatic N) is 1. The minimum absolute atomic E-state index is 0.381. The predicted octanol–water partition coefficient (Wildman–Crippen LogP) is 4.48. The third kappa shape index (κ3) is 3.41. The lowest BCUT2D eigenvalue weighted by molar-refractivity contribution is 0.558. The molecule has 2 heterocycles. The molecule has 0 fully saturated rings. The smallest absolute Gasteiger partial charge is 0.0900 e. The summed E-state index contributed by atoms with van der Waals surface area (Å²) in [7, 11) is 0. The van der Waals surface area contributed by atoms with Crippen molar-refractivity contribution >= 4 is 38.6 Å². The third-order valence-electron chi connectivity index (χ3n) is 2.73. The fourth-order valence-electron chi connectivity index (χ4n) is 2.04. The van der Waals surface area contributed by atoms with E-state index in [2.05, 4.69) is 58.4 Å². The molecule has 2 rings (SSSR count). The number of likely N-dealkylation sites (N-methyl/N-ethyl adjacent to an activating group) is 1. The summed E-state index contributed by atoms with van der Waals surface area (Å²) in [6, 6.07) is 2.59. The Morgan fingerprint density at radius 1 is 1.44 bits per heavy atom. The number of aryl methyl sites for hydroxylation is 2. The highest BCUT2D eigenvalue weighted by Crippen LogP contribution is 2.30. The number of thiazole rings is 1. The van der Waals surface area contributed by atoms with Gasteiger partial charge in [0, 0.05) is 32.1 Å². The molecule has 0 aliphatic carbocycles. The molecule has 0 aliphatic rings. The van der Waals surface area contributed by atoms with Gasteiger partial charge in [-0.25, -0.2) is 4.98 Å². The van der Waals surface area contributed by atoms with Crippen molar-refractivity contribution in [1.82, 2.24) is 10.3 Å². The van der Waals surface area contributed by atoms with Crippen LogP contribution in [0.15, 0.2) is 15.9 Å². The molecule has 5 heteroatoms. The first-order valence-corrected chi connectivity index (χ1v) is 8.49. The number of halogens is 1. The Labute approximate surface area is 125 Å². The van der Waals surface area contributed by atoms with Gasteiger partial charge in [0.2, 0.25) is 0 Å². The lowest BCUT2D eigenvalue weighted by atomic mass is 10.1. The zero-order chi connectivity index (χ0) is 13.1. The SMILES string of the molecule is CCNC(Cc1cc(Br)cs1)c1sc(C)nc1C. The molecule has 0 radical (unpaired) electrons. The van der Waals surface area contributed by atoms with Crippen molar-refractivity contribution in [2.45, 2.75) is 33.2 Å². The van der Waals surface area contributed by atoms with Crippen molar-refractivity contribution in [3.8, 4) is 0 Å². The number of thiophene rings is 1. The first-order valence-electron chi connectivity index (χ1n) is 6.00. The number of hydrogen-bond acceptors (Lipinski definition) is 4. The summed E-state index contributed by atoms with van der Waals surface area (Å²) in [6.45, 7) is 7.31. The first-order chi connectivity index (χ1) is 8.60. The van der Waals surface area contributed by atoms with Gasteiger partial charge in [-0.3, -0.25) is 0 Å². The number of nitrogens with one attached hydrogen (secondary N) is 1. The molecular weight excluding hydrogens is 328 g/mol. The van der Waals surface area contributed by atoms with Crippen LogP contribution in [-0.4, -0.2) is 11.5 Å². The molecule has 1 atom stereocenters. The van der Waals surface area contributed by atoms with Gasteiger partial charge in [0.15, 0.2) is 0 Å². The molecule has 18 heavy (non-hydrogen) atoms. The van der Waals surface area contributed by atoms with Crippen LogP contribution in [0.4, 0.5) is 0 Å². The van der Waals surface area contributed by atoms with Gasteiger partial charge in [-0.1, -0.05) is 6.92 Å². The summed E-state index contributed by atoms with van der Waals surface area (Å²) in [6.07, 6.45) is 1.03. The Bertz CT molecular complexity index is 519. The molecule has 0 aromatic carbocycles. The predicted molar refractivity (Wildman–Crippen MR) is 83.7 cm³/mol. The third-order valence-corrected chi connectivity index (χ3v) is 5.64. The van der Waals surface area contributed by atoms with Crippen LogP contribution in [-0.2, 0) is 6.42 Å². The molecule has 0 saturated heterocycles. The van der Waals surface area contributed by atoms with Crippen molar-refractivity contribution in [2.24, 2.45) is 0 Å². The summed E-state index contributed by atoms with van der Waals surface area (Å²) in [4.78, 5) is 7.31. The van der Waals surface area contributed by atoms with E-state index in [9.17, 15) is 0 Å². The molecule has 2 aromatic rings. The molecule has 0 saturated carbocycles. The highest BCUT2D eigenvalue weighted by atomic mass is 79.9. The maximum atomic E-state index is 4.53. The van der Waals surface area contributed by atoms with Crippen LogP contribution in [0.2, 0.25) is 0 Å². The van der Waals surface area contributed by atoms with Gasteiger partial charge >= 0.3 is 0 Å². The normalized spacial score (nSPS) is 12.9. The summed E-state index contributed by atoms with van der Waals surface area (Å²) in [5.74, 6) is 0.